The van der Waals surface area contributed by atoms with Crippen molar-refractivity contribution in [3.63, 3.8) is 0 Å². The number of carbonyl (C=O) groups excluding carboxylic acids is 2. The van der Waals surface area contributed by atoms with Crippen LogP contribution in [0.5, 0.6) is 0 Å². The molecule has 2 aliphatic rings. The maximum absolute atomic E-state index is 12.3. The summed E-state index contributed by atoms with van der Waals surface area (Å²) in [5, 5.41) is 0.472. The summed E-state index contributed by atoms with van der Waals surface area (Å²) in [6.07, 6.45) is 2.71. The topological polar surface area (TPSA) is 43.4 Å². The molecule has 3 rings (SSSR count). The minimum absolute atomic E-state index is 0.174. The predicted molar refractivity (Wildman–Crippen MR) is 81.4 cm³/mol. The Bertz CT molecular complexity index is 626. The average molecular weight is 290 g/mol. The molecule has 0 bridgehead atoms. The Morgan fingerprint density at radius 1 is 1.15 bits per heavy atom. The number of ether oxygens (including phenoxy) is 1. The summed E-state index contributed by atoms with van der Waals surface area (Å²) in [5.41, 5.74) is 1.15. The summed E-state index contributed by atoms with van der Waals surface area (Å²) in [4.78, 5) is 24.4. The molecule has 0 aromatic heterocycles. The van der Waals surface area contributed by atoms with E-state index in [0.29, 0.717) is 5.56 Å². The third-order valence-electron chi connectivity index (χ3n) is 4.38. The van der Waals surface area contributed by atoms with Gasteiger partial charge < -0.3 is 4.74 Å². The molecule has 3 nitrogen and oxygen atoms in total. The third kappa shape index (κ3) is 1.90. The van der Waals surface area contributed by atoms with Gasteiger partial charge in [-0.15, -0.1) is 0 Å². The highest BCUT2D eigenvalue weighted by molar-refractivity contribution is 8.30. The molecule has 0 spiro atoms. The van der Waals surface area contributed by atoms with Crippen molar-refractivity contribution < 1.29 is 14.3 Å². The molecule has 4 heteroatoms. The second-order valence-electron chi connectivity index (χ2n) is 5.29. The Hall–Kier alpha value is -1.26. The van der Waals surface area contributed by atoms with Gasteiger partial charge in [-0.2, -0.15) is 0 Å². The molecule has 1 unspecified atom stereocenters. The third-order valence-corrected chi connectivity index (χ3v) is 6.38. The molecular weight excluding hydrogens is 272 g/mol. The number of carbonyl (C=O) groups is 2. The SMILES string of the molecule is CCC1(CC)CCS2=C(O1)c1ccccc1C(=O)C2=O. The van der Waals surface area contributed by atoms with Crippen LogP contribution >= 0.6 is 10.5 Å². The first-order valence-corrected chi connectivity index (χ1v) is 8.46. The van der Waals surface area contributed by atoms with Crippen molar-refractivity contribution in [1.82, 2.24) is 0 Å². The lowest BCUT2D eigenvalue weighted by Crippen LogP contribution is -2.42. The lowest BCUT2D eigenvalue weighted by molar-refractivity contribution is -0.107. The van der Waals surface area contributed by atoms with Crippen molar-refractivity contribution in [1.29, 1.82) is 0 Å². The van der Waals surface area contributed by atoms with E-state index in [9.17, 15) is 9.59 Å². The maximum atomic E-state index is 12.3. The molecule has 1 atom stereocenters. The van der Waals surface area contributed by atoms with E-state index in [4.69, 9.17) is 4.74 Å². The summed E-state index contributed by atoms with van der Waals surface area (Å²) in [6.45, 7) is 4.24. The molecule has 0 radical (unpaired) electrons. The van der Waals surface area contributed by atoms with Crippen LogP contribution in [0, 0.1) is 0 Å². The molecule has 0 fully saturated rings. The Labute approximate surface area is 121 Å². The number of hydrogen-bond acceptors (Lipinski definition) is 3. The van der Waals surface area contributed by atoms with Gasteiger partial charge in [-0.05, 0) is 19.3 Å². The van der Waals surface area contributed by atoms with Gasteiger partial charge in [-0.1, -0.05) is 48.6 Å². The van der Waals surface area contributed by atoms with Gasteiger partial charge in [0.15, 0.2) is 0 Å². The second-order valence-corrected chi connectivity index (χ2v) is 7.22. The monoisotopic (exact) mass is 290 g/mol. The number of benzene rings is 1. The van der Waals surface area contributed by atoms with E-state index < -0.39 is 10.5 Å². The Morgan fingerprint density at radius 3 is 2.45 bits per heavy atom. The largest absolute Gasteiger partial charge is 0.333 e. The van der Waals surface area contributed by atoms with Gasteiger partial charge in [-0.3, -0.25) is 9.59 Å². The minimum Gasteiger partial charge on any atom is -0.333 e. The zero-order valence-electron chi connectivity index (χ0n) is 11.8. The van der Waals surface area contributed by atoms with Gasteiger partial charge in [0.2, 0.25) is 5.78 Å². The fourth-order valence-electron chi connectivity index (χ4n) is 2.87. The van der Waals surface area contributed by atoms with Gasteiger partial charge in [0.05, 0.1) is 5.60 Å². The Balaban J connectivity index is 2.15. The molecule has 106 valence electrons. The van der Waals surface area contributed by atoms with Crippen LogP contribution in [0.25, 0.3) is 0 Å². The first-order chi connectivity index (χ1) is 9.62. The molecule has 2 aliphatic heterocycles. The maximum Gasteiger partial charge on any atom is 0.256 e. The van der Waals surface area contributed by atoms with E-state index in [1.165, 1.54) is 0 Å². The molecule has 0 saturated carbocycles. The smallest absolute Gasteiger partial charge is 0.256 e. The number of rotatable bonds is 2. The lowest BCUT2D eigenvalue weighted by atomic mass is 9.93. The van der Waals surface area contributed by atoms with Crippen molar-refractivity contribution in [2.75, 3.05) is 5.75 Å². The average Bonchev–Trinajstić information content (AvgIpc) is 2.52. The molecule has 0 N–H and O–H groups in total. The zero-order chi connectivity index (χ0) is 14.3. The molecule has 1 aromatic carbocycles. The standard InChI is InChI=1S/C16H18O3S/c1-3-16(4-2)9-10-20-14(18)13(17)11-7-5-6-8-12(11)15(20)19-16/h5-8H,3-4,9-10H2,1-2H3. The van der Waals surface area contributed by atoms with Crippen molar-refractivity contribution in [3.8, 4) is 0 Å². The number of fused-ring (bicyclic) bond motifs is 2. The van der Waals surface area contributed by atoms with Gasteiger partial charge in [-0.25, -0.2) is 0 Å². The fraction of sp³-hybridized carbons (Fsp3) is 0.438. The molecule has 1 aromatic rings. The predicted octanol–water partition coefficient (Wildman–Crippen LogP) is 3.14. The molecule has 0 amide bonds. The second kappa shape index (κ2) is 4.93. The van der Waals surface area contributed by atoms with Crippen LogP contribution in [0.4, 0.5) is 0 Å². The molecule has 2 heterocycles. The lowest BCUT2D eigenvalue weighted by Gasteiger charge is -2.39. The van der Waals surface area contributed by atoms with Gasteiger partial charge in [0, 0.05) is 16.9 Å². The highest BCUT2D eigenvalue weighted by Gasteiger charge is 2.41. The van der Waals surface area contributed by atoms with E-state index in [0.717, 1.165) is 35.6 Å². The van der Waals surface area contributed by atoms with Gasteiger partial charge in [0.25, 0.3) is 5.12 Å². The van der Waals surface area contributed by atoms with E-state index in [-0.39, 0.29) is 16.5 Å². The first-order valence-electron chi connectivity index (χ1n) is 7.07. The first kappa shape index (κ1) is 13.7. The number of Topliss-reactive ketones (excluding diaryl/α,β-unsaturated/α-hetero) is 1. The van der Waals surface area contributed by atoms with E-state index in [1.54, 1.807) is 12.1 Å². The fourth-order valence-corrected chi connectivity index (χ4v) is 5.04. The van der Waals surface area contributed by atoms with Crippen LogP contribution in [0.15, 0.2) is 24.3 Å². The highest BCUT2D eigenvalue weighted by atomic mass is 32.2. The van der Waals surface area contributed by atoms with Crippen molar-refractivity contribution in [3.05, 3.63) is 35.4 Å². The van der Waals surface area contributed by atoms with Crippen molar-refractivity contribution in [2.24, 2.45) is 0 Å². The summed E-state index contributed by atoms with van der Waals surface area (Å²) in [7, 11) is -0.683. The summed E-state index contributed by atoms with van der Waals surface area (Å²) < 4.78 is 6.28. The highest BCUT2D eigenvalue weighted by Crippen LogP contribution is 2.41. The van der Waals surface area contributed by atoms with E-state index in [2.05, 4.69) is 13.8 Å². The van der Waals surface area contributed by atoms with Crippen LogP contribution < -0.4 is 0 Å². The molecular formula is C16H18O3S. The minimum atomic E-state index is -0.683. The molecule has 0 saturated heterocycles. The number of ketones is 1. The van der Waals surface area contributed by atoms with E-state index in [1.807, 2.05) is 12.1 Å². The van der Waals surface area contributed by atoms with Crippen LogP contribution in [0.1, 0.15) is 49.0 Å². The van der Waals surface area contributed by atoms with Gasteiger partial charge >= 0.3 is 0 Å². The van der Waals surface area contributed by atoms with Crippen molar-refractivity contribution in [2.45, 2.75) is 38.7 Å². The summed E-state index contributed by atoms with van der Waals surface area (Å²) in [5.74, 6) is 0.396. The normalized spacial score (nSPS) is 24.3. The quantitative estimate of drug-likeness (QED) is 0.621. The summed E-state index contributed by atoms with van der Waals surface area (Å²) >= 11 is 0. The van der Waals surface area contributed by atoms with Gasteiger partial charge in [0.1, 0.15) is 5.05 Å². The van der Waals surface area contributed by atoms with Crippen LogP contribution in [-0.2, 0) is 9.53 Å². The van der Waals surface area contributed by atoms with Crippen LogP contribution in [-0.4, -0.2) is 27.3 Å². The number of hydrogen-bond donors (Lipinski definition) is 0. The van der Waals surface area contributed by atoms with Crippen molar-refractivity contribution >= 4 is 26.4 Å². The van der Waals surface area contributed by atoms with Crippen LogP contribution in [0.3, 0.4) is 0 Å². The Kier molecular flexibility index (Phi) is 3.38. The van der Waals surface area contributed by atoms with E-state index >= 15 is 0 Å². The van der Waals surface area contributed by atoms with Crippen LogP contribution in [0.2, 0.25) is 0 Å². The molecule has 0 aliphatic carbocycles. The zero-order valence-corrected chi connectivity index (χ0v) is 12.6. The summed E-state index contributed by atoms with van der Waals surface area (Å²) in [6, 6.07) is 7.31. The Morgan fingerprint density at radius 2 is 1.80 bits per heavy atom. The molecule has 20 heavy (non-hydrogen) atoms.